The molecule has 26 heavy (non-hydrogen) atoms. The molecule has 134 valence electrons. The summed E-state index contributed by atoms with van der Waals surface area (Å²) in [5, 5.41) is 12.0. The molecule has 7 nitrogen and oxygen atoms in total. The Morgan fingerprint density at radius 2 is 2.19 bits per heavy atom. The van der Waals surface area contributed by atoms with Crippen LogP contribution >= 0.6 is 11.8 Å². The Morgan fingerprint density at radius 3 is 3.04 bits per heavy atom. The molecule has 1 N–H and O–H groups in total. The van der Waals surface area contributed by atoms with Crippen molar-refractivity contribution in [2.75, 3.05) is 12.4 Å². The van der Waals surface area contributed by atoms with Crippen LogP contribution in [0.4, 0.5) is 0 Å². The van der Waals surface area contributed by atoms with E-state index in [0.29, 0.717) is 23.3 Å². The summed E-state index contributed by atoms with van der Waals surface area (Å²) < 4.78 is 12.8. The van der Waals surface area contributed by atoms with Gasteiger partial charge in [0.15, 0.2) is 16.7 Å². The summed E-state index contributed by atoms with van der Waals surface area (Å²) >= 11 is 1.35. The van der Waals surface area contributed by atoms with Gasteiger partial charge in [0.25, 0.3) is 0 Å². The van der Waals surface area contributed by atoms with Crippen LogP contribution in [0.2, 0.25) is 0 Å². The number of amides is 1. The van der Waals surface area contributed by atoms with Crippen molar-refractivity contribution < 1.29 is 13.9 Å². The number of hydrogen-bond donors (Lipinski definition) is 1. The number of para-hydroxylation sites is 1. The molecule has 2 aromatic heterocycles. The Bertz CT molecular complexity index is 907. The van der Waals surface area contributed by atoms with Crippen molar-refractivity contribution in [2.24, 2.45) is 7.05 Å². The van der Waals surface area contributed by atoms with Crippen LogP contribution in [0.5, 0.6) is 5.75 Å². The first-order valence-corrected chi connectivity index (χ1v) is 9.28. The number of thioether (sulfide) groups is 1. The van der Waals surface area contributed by atoms with E-state index < -0.39 is 0 Å². The number of aromatic nitrogens is 3. The first-order chi connectivity index (χ1) is 12.7. The van der Waals surface area contributed by atoms with E-state index in [9.17, 15) is 4.79 Å². The number of carbonyl (C=O) groups is 1. The average Bonchev–Trinajstić information content (AvgIpc) is 3.30. The van der Waals surface area contributed by atoms with Gasteiger partial charge in [-0.3, -0.25) is 4.79 Å². The van der Waals surface area contributed by atoms with Gasteiger partial charge >= 0.3 is 0 Å². The number of nitrogens with one attached hydrogen (secondary N) is 1. The van der Waals surface area contributed by atoms with Crippen LogP contribution in [0, 0.1) is 0 Å². The number of nitrogens with zero attached hydrogens (tertiary/aromatic N) is 3. The molecule has 0 aliphatic carbocycles. The predicted octanol–water partition coefficient (Wildman–Crippen LogP) is 2.81. The van der Waals surface area contributed by atoms with Crippen molar-refractivity contribution in [2.45, 2.75) is 17.6 Å². The number of fused-ring (bicyclic) bond motifs is 1. The maximum Gasteiger partial charge on any atom is 0.230 e. The van der Waals surface area contributed by atoms with Gasteiger partial charge in [-0.1, -0.05) is 30.0 Å². The molecule has 1 aromatic carbocycles. The van der Waals surface area contributed by atoms with Crippen molar-refractivity contribution >= 4 is 17.7 Å². The van der Waals surface area contributed by atoms with E-state index in [1.165, 1.54) is 11.8 Å². The summed E-state index contributed by atoms with van der Waals surface area (Å²) in [7, 11) is 1.85. The van der Waals surface area contributed by atoms with Crippen LogP contribution in [0.3, 0.4) is 0 Å². The molecular weight excluding hydrogens is 352 g/mol. The lowest BCUT2D eigenvalue weighted by atomic mass is 10.0. The second-order valence-electron chi connectivity index (χ2n) is 5.93. The molecule has 0 radical (unpaired) electrons. The molecule has 8 heteroatoms. The first kappa shape index (κ1) is 16.7. The zero-order chi connectivity index (χ0) is 17.9. The summed E-state index contributed by atoms with van der Waals surface area (Å²) in [5.74, 6) is 2.35. The number of furan rings is 1. The lowest BCUT2D eigenvalue weighted by Gasteiger charge is -2.26. The molecule has 3 heterocycles. The second kappa shape index (κ2) is 7.25. The van der Waals surface area contributed by atoms with Gasteiger partial charge in [-0.25, -0.2) is 0 Å². The number of benzene rings is 1. The third-order valence-corrected chi connectivity index (χ3v) is 5.22. The summed E-state index contributed by atoms with van der Waals surface area (Å²) in [6.07, 6.45) is 2.36. The molecule has 0 saturated carbocycles. The minimum atomic E-state index is -0.0424. The molecule has 0 bridgehead atoms. The van der Waals surface area contributed by atoms with Gasteiger partial charge < -0.3 is 19.0 Å². The SMILES string of the molecule is Cn1c(SCC(=O)NC2CCOc3ccccc32)nnc1-c1ccco1. The molecule has 4 rings (SSSR count). The molecule has 1 unspecified atom stereocenters. The molecule has 1 atom stereocenters. The third kappa shape index (κ3) is 3.32. The Kier molecular flexibility index (Phi) is 4.66. The summed E-state index contributed by atoms with van der Waals surface area (Å²) in [6, 6.07) is 11.4. The zero-order valence-electron chi connectivity index (χ0n) is 14.2. The maximum absolute atomic E-state index is 12.4. The minimum absolute atomic E-state index is 0.0220. The van der Waals surface area contributed by atoms with Crippen LogP contribution < -0.4 is 10.1 Å². The number of ether oxygens (including phenoxy) is 1. The summed E-state index contributed by atoms with van der Waals surface area (Å²) in [4.78, 5) is 12.4. The molecule has 1 aliphatic heterocycles. The number of carbonyl (C=O) groups excluding carboxylic acids is 1. The van der Waals surface area contributed by atoms with Crippen molar-refractivity contribution in [1.82, 2.24) is 20.1 Å². The van der Waals surface area contributed by atoms with Crippen molar-refractivity contribution in [3.8, 4) is 17.3 Å². The molecule has 0 saturated heterocycles. The fraction of sp³-hybridized carbons (Fsp3) is 0.278. The molecule has 0 spiro atoms. The lowest BCUT2D eigenvalue weighted by molar-refractivity contribution is -0.119. The molecule has 1 aliphatic rings. The van der Waals surface area contributed by atoms with E-state index in [1.807, 2.05) is 41.9 Å². The molecule has 0 fully saturated rings. The van der Waals surface area contributed by atoms with E-state index in [4.69, 9.17) is 9.15 Å². The van der Waals surface area contributed by atoms with Crippen molar-refractivity contribution in [3.63, 3.8) is 0 Å². The first-order valence-electron chi connectivity index (χ1n) is 8.29. The third-order valence-electron chi connectivity index (χ3n) is 4.20. The number of hydrogen-bond acceptors (Lipinski definition) is 6. The van der Waals surface area contributed by atoms with E-state index in [1.54, 1.807) is 12.3 Å². The maximum atomic E-state index is 12.4. The standard InChI is InChI=1S/C18H18N4O3S/c1-22-17(15-7-4-9-24-15)20-21-18(22)26-11-16(23)19-13-8-10-25-14-6-3-2-5-12(13)14/h2-7,9,13H,8,10-11H2,1H3,(H,19,23). The van der Waals surface area contributed by atoms with Crippen LogP contribution in [-0.2, 0) is 11.8 Å². The van der Waals surface area contributed by atoms with Crippen LogP contribution in [-0.4, -0.2) is 33.0 Å². The molecule has 3 aromatic rings. The highest BCUT2D eigenvalue weighted by Crippen LogP contribution is 2.31. The zero-order valence-corrected chi connectivity index (χ0v) is 15.0. The highest BCUT2D eigenvalue weighted by Gasteiger charge is 2.23. The summed E-state index contributed by atoms with van der Waals surface area (Å²) in [5.41, 5.74) is 1.02. The van der Waals surface area contributed by atoms with E-state index in [0.717, 1.165) is 17.7 Å². The largest absolute Gasteiger partial charge is 0.493 e. The predicted molar refractivity (Wildman–Crippen MR) is 96.9 cm³/mol. The fourth-order valence-corrected chi connectivity index (χ4v) is 3.64. The van der Waals surface area contributed by atoms with Gasteiger partial charge in [0.05, 0.1) is 24.7 Å². The fourth-order valence-electron chi connectivity index (χ4n) is 2.92. The monoisotopic (exact) mass is 370 g/mol. The smallest absolute Gasteiger partial charge is 0.230 e. The molecule has 1 amide bonds. The van der Waals surface area contributed by atoms with Gasteiger partial charge in [0.2, 0.25) is 5.91 Å². The second-order valence-corrected chi connectivity index (χ2v) is 6.87. The van der Waals surface area contributed by atoms with Crippen LogP contribution in [0.15, 0.2) is 52.2 Å². The quantitative estimate of drug-likeness (QED) is 0.696. The topological polar surface area (TPSA) is 82.2 Å². The van der Waals surface area contributed by atoms with Crippen LogP contribution in [0.1, 0.15) is 18.0 Å². The Hall–Kier alpha value is -2.74. The van der Waals surface area contributed by atoms with E-state index >= 15 is 0 Å². The van der Waals surface area contributed by atoms with Crippen molar-refractivity contribution in [3.05, 3.63) is 48.2 Å². The normalized spacial score (nSPS) is 16.0. The Labute approximate surface area is 154 Å². The van der Waals surface area contributed by atoms with Gasteiger partial charge in [0.1, 0.15) is 5.75 Å². The highest BCUT2D eigenvalue weighted by molar-refractivity contribution is 7.99. The van der Waals surface area contributed by atoms with Crippen molar-refractivity contribution in [1.29, 1.82) is 0 Å². The average molecular weight is 370 g/mol. The van der Waals surface area contributed by atoms with Crippen LogP contribution in [0.25, 0.3) is 11.6 Å². The highest BCUT2D eigenvalue weighted by atomic mass is 32.2. The molecular formula is C18H18N4O3S. The van der Waals surface area contributed by atoms with Gasteiger partial charge in [-0.05, 0) is 18.2 Å². The van der Waals surface area contributed by atoms with E-state index in [2.05, 4.69) is 15.5 Å². The minimum Gasteiger partial charge on any atom is -0.493 e. The lowest BCUT2D eigenvalue weighted by Crippen LogP contribution is -2.33. The van der Waals surface area contributed by atoms with Gasteiger partial charge in [-0.2, -0.15) is 0 Å². The van der Waals surface area contributed by atoms with E-state index in [-0.39, 0.29) is 17.7 Å². The summed E-state index contributed by atoms with van der Waals surface area (Å²) in [6.45, 7) is 0.602. The Morgan fingerprint density at radius 1 is 1.31 bits per heavy atom. The van der Waals surface area contributed by atoms with Gasteiger partial charge in [-0.15, -0.1) is 10.2 Å². The van der Waals surface area contributed by atoms with Gasteiger partial charge in [0, 0.05) is 19.0 Å². The Balaban J connectivity index is 1.38. The number of rotatable bonds is 5.